The predicted octanol–water partition coefficient (Wildman–Crippen LogP) is 3.81. The van der Waals surface area contributed by atoms with Crippen LogP contribution in [0.2, 0.25) is 0 Å². The maximum absolute atomic E-state index is 11.9. The number of halogens is 3. The van der Waals surface area contributed by atoms with Crippen molar-refractivity contribution in [3.8, 4) is 0 Å². The number of rotatable bonds is 8. The lowest BCUT2D eigenvalue weighted by atomic mass is 10.0. The molecular formula is C11H17Br3O3. The van der Waals surface area contributed by atoms with Crippen molar-refractivity contribution >= 4 is 59.5 Å². The van der Waals surface area contributed by atoms with E-state index in [1.54, 1.807) is 6.92 Å². The summed E-state index contributed by atoms with van der Waals surface area (Å²) in [5, 5.41) is 0.925. The summed E-state index contributed by atoms with van der Waals surface area (Å²) in [6, 6.07) is 0. The maximum atomic E-state index is 11.9. The molecule has 17 heavy (non-hydrogen) atoms. The van der Waals surface area contributed by atoms with Gasteiger partial charge in [0.2, 0.25) is 3.23 Å². The highest BCUT2D eigenvalue weighted by molar-refractivity contribution is 9.26. The van der Waals surface area contributed by atoms with Crippen molar-refractivity contribution < 1.29 is 14.3 Å². The van der Waals surface area contributed by atoms with Crippen molar-refractivity contribution in [2.75, 3.05) is 11.9 Å². The molecule has 1 unspecified atom stereocenters. The van der Waals surface area contributed by atoms with Crippen LogP contribution in [0.3, 0.4) is 0 Å². The third kappa shape index (κ3) is 6.34. The summed E-state index contributed by atoms with van der Waals surface area (Å²) in [5.74, 6) is -0.327. The molecular weight excluding hydrogens is 420 g/mol. The van der Waals surface area contributed by atoms with Crippen LogP contribution in [0.25, 0.3) is 0 Å². The van der Waals surface area contributed by atoms with Gasteiger partial charge in [-0.15, -0.1) is 0 Å². The van der Waals surface area contributed by atoms with Gasteiger partial charge >= 0.3 is 5.97 Å². The summed E-state index contributed by atoms with van der Waals surface area (Å²) >= 11 is 9.54. The molecule has 0 rings (SSSR count). The first-order valence-electron chi connectivity index (χ1n) is 5.50. The van der Waals surface area contributed by atoms with Gasteiger partial charge in [-0.2, -0.15) is 0 Å². The van der Waals surface area contributed by atoms with Gasteiger partial charge in [0, 0.05) is 11.8 Å². The fourth-order valence-electron chi connectivity index (χ4n) is 1.20. The molecule has 0 radical (unpaired) electrons. The van der Waals surface area contributed by atoms with E-state index in [9.17, 15) is 9.59 Å². The van der Waals surface area contributed by atoms with Crippen LogP contribution in [0.1, 0.15) is 33.1 Å². The summed E-state index contributed by atoms with van der Waals surface area (Å²) < 4.78 is 3.44. The lowest BCUT2D eigenvalue weighted by Crippen LogP contribution is -2.36. The van der Waals surface area contributed by atoms with Gasteiger partial charge < -0.3 is 4.74 Å². The van der Waals surface area contributed by atoms with Gasteiger partial charge in [-0.1, -0.05) is 54.7 Å². The van der Waals surface area contributed by atoms with Crippen LogP contribution in [0.5, 0.6) is 0 Å². The van der Waals surface area contributed by atoms with E-state index in [0.29, 0.717) is 12.3 Å². The van der Waals surface area contributed by atoms with E-state index in [1.807, 2.05) is 0 Å². The molecule has 0 aliphatic rings. The molecule has 0 saturated heterocycles. The molecule has 0 amide bonds. The van der Waals surface area contributed by atoms with E-state index in [0.717, 1.165) is 18.2 Å². The zero-order valence-electron chi connectivity index (χ0n) is 9.97. The summed E-state index contributed by atoms with van der Waals surface area (Å²) in [6.45, 7) is 4.05. The number of hydrogen-bond donors (Lipinski definition) is 0. The Labute approximate surface area is 127 Å². The number of esters is 1. The normalized spacial score (nSPS) is 13.2. The minimum absolute atomic E-state index is 0.197. The smallest absolute Gasteiger partial charge is 0.341 e. The molecule has 0 bridgehead atoms. The molecule has 100 valence electrons. The predicted molar refractivity (Wildman–Crippen MR) is 79.0 cm³/mol. The Kier molecular flexibility index (Phi) is 8.94. The van der Waals surface area contributed by atoms with Gasteiger partial charge in [0.15, 0.2) is 5.78 Å². The number of hydrogen-bond acceptors (Lipinski definition) is 3. The monoisotopic (exact) mass is 434 g/mol. The van der Waals surface area contributed by atoms with E-state index < -0.39 is 9.20 Å². The Morgan fingerprint density at radius 3 is 2.35 bits per heavy atom. The van der Waals surface area contributed by atoms with E-state index in [-0.39, 0.29) is 12.4 Å². The highest BCUT2D eigenvalue weighted by atomic mass is 79.9. The van der Waals surface area contributed by atoms with Crippen LogP contribution in [0.15, 0.2) is 0 Å². The standard InChI is InChI=1S/C11H17Br3O3/c1-3-17-10(16)11(13,14)9(15)5-4-8(2)6-7-12/h8H,3-7H2,1-2H3. The van der Waals surface area contributed by atoms with Gasteiger partial charge in [0.1, 0.15) is 0 Å². The Morgan fingerprint density at radius 1 is 1.29 bits per heavy atom. The summed E-state index contributed by atoms with van der Waals surface area (Å²) in [5.41, 5.74) is 0. The van der Waals surface area contributed by atoms with E-state index in [2.05, 4.69) is 54.7 Å². The van der Waals surface area contributed by atoms with Gasteiger partial charge in [0.25, 0.3) is 0 Å². The Morgan fingerprint density at radius 2 is 1.88 bits per heavy atom. The number of alkyl halides is 3. The largest absolute Gasteiger partial charge is 0.464 e. The van der Waals surface area contributed by atoms with E-state index in [1.165, 1.54) is 0 Å². The first kappa shape index (κ1) is 17.6. The van der Waals surface area contributed by atoms with Crippen LogP contribution < -0.4 is 0 Å². The lowest BCUT2D eigenvalue weighted by molar-refractivity contribution is -0.145. The molecule has 6 heteroatoms. The second-order valence-electron chi connectivity index (χ2n) is 3.84. The molecule has 0 aliphatic heterocycles. The summed E-state index contributed by atoms with van der Waals surface area (Å²) in [6.07, 6.45) is 2.14. The van der Waals surface area contributed by atoms with Crippen molar-refractivity contribution in [3.63, 3.8) is 0 Å². The zero-order valence-corrected chi connectivity index (χ0v) is 14.7. The summed E-state index contributed by atoms with van der Waals surface area (Å²) in [4.78, 5) is 23.4. The Bertz CT molecular complexity index is 267. The zero-order chi connectivity index (χ0) is 13.5. The molecule has 0 aliphatic carbocycles. The quantitative estimate of drug-likeness (QED) is 0.330. The second-order valence-corrected chi connectivity index (χ2v) is 8.08. The lowest BCUT2D eigenvalue weighted by Gasteiger charge is -2.18. The SMILES string of the molecule is CCOC(=O)C(Br)(Br)C(=O)CCC(C)CCBr. The van der Waals surface area contributed by atoms with Crippen molar-refractivity contribution in [1.82, 2.24) is 0 Å². The third-order valence-corrected chi connectivity index (χ3v) is 4.34. The molecule has 0 saturated carbocycles. The first-order valence-corrected chi connectivity index (χ1v) is 8.21. The van der Waals surface area contributed by atoms with Gasteiger partial charge in [0.05, 0.1) is 6.61 Å². The van der Waals surface area contributed by atoms with Crippen LogP contribution in [-0.2, 0) is 14.3 Å². The van der Waals surface area contributed by atoms with Crippen molar-refractivity contribution in [3.05, 3.63) is 0 Å². The van der Waals surface area contributed by atoms with Crippen molar-refractivity contribution in [2.45, 2.75) is 36.3 Å². The van der Waals surface area contributed by atoms with Crippen LogP contribution in [-0.4, -0.2) is 26.9 Å². The van der Waals surface area contributed by atoms with Gasteiger partial charge in [-0.3, -0.25) is 4.79 Å². The molecule has 0 fully saturated rings. The number of carbonyl (C=O) groups is 2. The molecule has 3 nitrogen and oxygen atoms in total. The fraction of sp³-hybridized carbons (Fsp3) is 0.818. The van der Waals surface area contributed by atoms with Gasteiger partial charge in [-0.05, 0) is 25.7 Å². The molecule has 0 N–H and O–H groups in total. The first-order chi connectivity index (χ1) is 7.86. The van der Waals surface area contributed by atoms with Gasteiger partial charge in [-0.25, -0.2) is 4.79 Å². The van der Waals surface area contributed by atoms with Crippen molar-refractivity contribution in [1.29, 1.82) is 0 Å². The Balaban J connectivity index is 4.24. The average Bonchev–Trinajstić information content (AvgIpc) is 2.26. The number of carbonyl (C=O) groups excluding carboxylic acids is 2. The van der Waals surface area contributed by atoms with E-state index >= 15 is 0 Å². The third-order valence-electron chi connectivity index (χ3n) is 2.35. The molecule has 0 spiro atoms. The van der Waals surface area contributed by atoms with Crippen LogP contribution in [0, 0.1) is 5.92 Å². The van der Waals surface area contributed by atoms with Crippen LogP contribution >= 0.6 is 47.8 Å². The van der Waals surface area contributed by atoms with Crippen LogP contribution in [0.4, 0.5) is 0 Å². The molecule has 0 heterocycles. The molecule has 0 aromatic carbocycles. The molecule has 0 aromatic heterocycles. The number of ether oxygens (including phenoxy) is 1. The minimum Gasteiger partial charge on any atom is -0.464 e. The fourth-order valence-corrected chi connectivity index (χ4v) is 2.61. The highest BCUT2D eigenvalue weighted by Crippen LogP contribution is 2.31. The Hall–Kier alpha value is 0.580. The second kappa shape index (κ2) is 8.64. The molecule has 0 aromatic rings. The summed E-state index contributed by atoms with van der Waals surface area (Å²) in [7, 11) is 0. The topological polar surface area (TPSA) is 43.4 Å². The number of ketones is 1. The highest BCUT2D eigenvalue weighted by Gasteiger charge is 2.41. The minimum atomic E-state index is -1.38. The van der Waals surface area contributed by atoms with Crippen molar-refractivity contribution in [2.24, 2.45) is 5.92 Å². The maximum Gasteiger partial charge on any atom is 0.341 e. The average molecular weight is 437 g/mol. The molecule has 1 atom stereocenters. The number of Topliss-reactive ketones (excluding diaryl/α,β-unsaturated/α-hetero) is 1. The van der Waals surface area contributed by atoms with E-state index in [4.69, 9.17) is 4.74 Å².